The molecule has 0 saturated carbocycles. The monoisotopic (exact) mass is 484 g/mol. The Bertz CT molecular complexity index is 551. The number of carboxylic acids is 2. The van der Waals surface area contributed by atoms with Crippen LogP contribution in [0.25, 0.3) is 0 Å². The van der Waals surface area contributed by atoms with Crippen molar-refractivity contribution in [2.45, 2.75) is 116 Å². The molecule has 8 heteroatoms. The lowest BCUT2D eigenvalue weighted by molar-refractivity contribution is -0.142. The van der Waals surface area contributed by atoms with Gasteiger partial charge in [-0.2, -0.15) is 0 Å². The third-order valence-electron chi connectivity index (χ3n) is 7.03. The summed E-state index contributed by atoms with van der Waals surface area (Å²) in [5, 5.41) is 23.3. The van der Waals surface area contributed by atoms with Crippen LogP contribution in [0.2, 0.25) is 0 Å². The minimum Gasteiger partial charge on any atom is -0.480 e. The highest BCUT2D eigenvalue weighted by atomic mass is 16.4. The number of hydrogen-bond donors (Lipinski definition) is 4. The summed E-state index contributed by atoms with van der Waals surface area (Å²) in [7, 11) is 0. The molecule has 0 aliphatic carbocycles. The third-order valence-corrected chi connectivity index (χ3v) is 7.03. The molecule has 34 heavy (non-hydrogen) atoms. The van der Waals surface area contributed by atoms with Gasteiger partial charge in [0.25, 0.3) is 0 Å². The van der Waals surface area contributed by atoms with Crippen LogP contribution < -0.4 is 10.6 Å². The maximum Gasteiger partial charge on any atom is 0.320 e. The van der Waals surface area contributed by atoms with E-state index in [0.29, 0.717) is 0 Å². The van der Waals surface area contributed by atoms with E-state index in [9.17, 15) is 9.59 Å². The van der Waals surface area contributed by atoms with Gasteiger partial charge in [-0.3, -0.25) is 14.5 Å². The lowest BCUT2D eigenvalue weighted by atomic mass is 10.2. The molecular formula is C26H52N4O4. The molecule has 4 rings (SSSR count). The van der Waals surface area contributed by atoms with Crippen LogP contribution in [-0.4, -0.2) is 95.4 Å². The van der Waals surface area contributed by atoms with Gasteiger partial charge in [-0.15, -0.1) is 0 Å². The number of carboxylic acid groups (broad SMARTS) is 2. The first-order valence-electron chi connectivity index (χ1n) is 13.7. The molecule has 4 heterocycles. The number of rotatable bonds is 6. The van der Waals surface area contributed by atoms with Crippen LogP contribution in [0, 0.1) is 0 Å². The van der Waals surface area contributed by atoms with Gasteiger partial charge in [-0.1, -0.05) is 13.8 Å². The summed E-state index contributed by atoms with van der Waals surface area (Å²) in [6.07, 6.45) is 11.6. The van der Waals surface area contributed by atoms with Gasteiger partial charge in [0.1, 0.15) is 12.1 Å². The van der Waals surface area contributed by atoms with Gasteiger partial charge in [0.15, 0.2) is 0 Å². The molecule has 0 aromatic carbocycles. The fourth-order valence-corrected chi connectivity index (χ4v) is 5.03. The van der Waals surface area contributed by atoms with Crippen LogP contribution in [0.15, 0.2) is 0 Å². The first-order valence-corrected chi connectivity index (χ1v) is 13.7. The maximum atomic E-state index is 10.6. The number of nitrogens with zero attached hydrogens (tertiary/aromatic N) is 2. The predicted octanol–water partition coefficient (Wildman–Crippen LogP) is 3.41. The molecular weight excluding hydrogens is 432 g/mol. The van der Waals surface area contributed by atoms with E-state index in [-0.39, 0.29) is 12.1 Å². The van der Waals surface area contributed by atoms with E-state index in [0.717, 1.165) is 63.8 Å². The molecule has 4 saturated heterocycles. The summed E-state index contributed by atoms with van der Waals surface area (Å²) >= 11 is 0. The molecule has 4 fully saturated rings. The highest BCUT2D eigenvalue weighted by molar-refractivity contribution is 5.74. The lowest BCUT2D eigenvalue weighted by Gasteiger charge is -2.19. The first kappa shape index (κ1) is 30.8. The first-order chi connectivity index (χ1) is 16.3. The summed E-state index contributed by atoms with van der Waals surface area (Å²) in [4.78, 5) is 25.4. The Balaban J connectivity index is 0.000000231. The van der Waals surface area contributed by atoms with Gasteiger partial charge < -0.3 is 25.7 Å². The molecule has 4 atom stereocenters. The minimum atomic E-state index is -0.720. The second-order valence-corrected chi connectivity index (χ2v) is 10.0. The molecule has 4 aliphatic rings. The van der Waals surface area contributed by atoms with Gasteiger partial charge in [0, 0.05) is 12.1 Å². The molecule has 0 spiro atoms. The maximum absolute atomic E-state index is 10.6. The Kier molecular flexibility index (Phi) is 16.4. The summed E-state index contributed by atoms with van der Waals surface area (Å²) in [6.45, 7) is 15.5. The number of hydrogen-bond acceptors (Lipinski definition) is 6. The number of nitrogens with one attached hydrogen (secondary N) is 2. The molecule has 0 radical (unpaired) electrons. The Hall–Kier alpha value is -1.22. The molecule has 0 amide bonds. The van der Waals surface area contributed by atoms with Crippen molar-refractivity contribution < 1.29 is 19.8 Å². The second-order valence-electron chi connectivity index (χ2n) is 10.0. The zero-order valence-electron chi connectivity index (χ0n) is 22.2. The van der Waals surface area contributed by atoms with Crippen LogP contribution >= 0.6 is 0 Å². The Morgan fingerprint density at radius 1 is 0.765 bits per heavy atom. The van der Waals surface area contributed by atoms with E-state index in [2.05, 4.69) is 48.1 Å². The molecule has 4 aliphatic heterocycles. The van der Waals surface area contributed by atoms with Gasteiger partial charge in [0.05, 0.1) is 0 Å². The van der Waals surface area contributed by atoms with Crippen molar-refractivity contribution in [3.05, 3.63) is 0 Å². The van der Waals surface area contributed by atoms with E-state index < -0.39 is 11.9 Å². The molecule has 4 unspecified atom stereocenters. The van der Waals surface area contributed by atoms with E-state index in [1.54, 1.807) is 0 Å². The molecule has 0 aromatic rings. The van der Waals surface area contributed by atoms with Crippen LogP contribution in [0.5, 0.6) is 0 Å². The highest BCUT2D eigenvalue weighted by Gasteiger charge is 2.29. The summed E-state index contributed by atoms with van der Waals surface area (Å²) in [6, 6.07) is 1.19. The van der Waals surface area contributed by atoms with Crippen molar-refractivity contribution in [1.82, 2.24) is 20.4 Å². The SMILES string of the molecule is CC1CCCN1.CCCN1CCCC1C.CCCN1CCCC1C(=O)O.O=C(O)C1CCCN1. The van der Waals surface area contributed by atoms with Crippen molar-refractivity contribution in [1.29, 1.82) is 0 Å². The fraction of sp³-hybridized carbons (Fsp3) is 0.923. The summed E-state index contributed by atoms with van der Waals surface area (Å²) in [5.41, 5.74) is 0. The Labute approximate surface area is 207 Å². The van der Waals surface area contributed by atoms with Crippen molar-refractivity contribution in [2.75, 3.05) is 39.3 Å². The zero-order chi connectivity index (χ0) is 25.3. The largest absolute Gasteiger partial charge is 0.480 e. The number of likely N-dealkylation sites (tertiary alicyclic amines) is 2. The van der Waals surface area contributed by atoms with E-state index in [1.165, 1.54) is 51.7 Å². The van der Waals surface area contributed by atoms with Crippen LogP contribution in [0.1, 0.15) is 91.9 Å². The summed E-state index contributed by atoms with van der Waals surface area (Å²) in [5.74, 6) is -1.38. The topological polar surface area (TPSA) is 105 Å². The fourth-order valence-electron chi connectivity index (χ4n) is 5.03. The van der Waals surface area contributed by atoms with Gasteiger partial charge in [0.2, 0.25) is 0 Å². The minimum absolute atomic E-state index is 0.199. The van der Waals surface area contributed by atoms with Crippen molar-refractivity contribution in [3.8, 4) is 0 Å². The lowest BCUT2D eigenvalue weighted by Crippen LogP contribution is -2.36. The number of aliphatic carboxylic acids is 2. The van der Waals surface area contributed by atoms with Crippen molar-refractivity contribution >= 4 is 11.9 Å². The van der Waals surface area contributed by atoms with Gasteiger partial charge in [-0.05, 0) is 117 Å². The van der Waals surface area contributed by atoms with E-state index in [4.69, 9.17) is 10.2 Å². The molecule has 4 N–H and O–H groups in total. The summed E-state index contributed by atoms with van der Waals surface area (Å²) < 4.78 is 0. The van der Waals surface area contributed by atoms with Crippen LogP contribution in [0.3, 0.4) is 0 Å². The number of carbonyl (C=O) groups is 2. The average molecular weight is 485 g/mol. The third kappa shape index (κ3) is 12.5. The van der Waals surface area contributed by atoms with Gasteiger partial charge >= 0.3 is 11.9 Å². The predicted molar refractivity (Wildman–Crippen MR) is 138 cm³/mol. The standard InChI is InChI=1S/C8H15NO2.C8H17N.C5H9NO2.C5H11N/c1-2-5-9-6-3-4-7(9)8(10)11;1-3-6-9-7-4-5-8(9)2;7-5(8)4-2-1-3-6-4;1-5-3-2-4-6-5/h7H,2-6H2,1H3,(H,10,11);8H,3-7H2,1-2H3;4,6H,1-3H2,(H,7,8);5-6H,2-4H2,1H3. The zero-order valence-corrected chi connectivity index (χ0v) is 22.2. The second kappa shape index (κ2) is 18.1. The van der Waals surface area contributed by atoms with Crippen molar-refractivity contribution in [2.24, 2.45) is 0 Å². The van der Waals surface area contributed by atoms with Gasteiger partial charge in [-0.25, -0.2) is 0 Å². The van der Waals surface area contributed by atoms with E-state index in [1.807, 2.05) is 0 Å². The molecule has 8 nitrogen and oxygen atoms in total. The van der Waals surface area contributed by atoms with Crippen molar-refractivity contribution in [3.63, 3.8) is 0 Å². The normalized spacial score (nSPS) is 28.8. The average Bonchev–Trinajstić information content (AvgIpc) is 3.59. The highest BCUT2D eigenvalue weighted by Crippen LogP contribution is 2.17. The quantitative estimate of drug-likeness (QED) is 0.455. The Morgan fingerprint density at radius 3 is 1.74 bits per heavy atom. The molecule has 0 aromatic heterocycles. The molecule has 200 valence electrons. The smallest absolute Gasteiger partial charge is 0.320 e. The van der Waals surface area contributed by atoms with E-state index >= 15 is 0 Å². The van der Waals surface area contributed by atoms with Crippen LogP contribution in [0.4, 0.5) is 0 Å². The molecule has 0 bridgehead atoms. The Morgan fingerprint density at radius 2 is 1.35 bits per heavy atom. The van der Waals surface area contributed by atoms with Crippen LogP contribution in [-0.2, 0) is 9.59 Å².